The molecule has 0 aromatic heterocycles. The molecule has 1 N–H and O–H groups in total. The van der Waals surface area contributed by atoms with E-state index in [2.05, 4.69) is 50.0 Å². The van der Waals surface area contributed by atoms with Gasteiger partial charge >= 0.3 is 0 Å². The van der Waals surface area contributed by atoms with Gasteiger partial charge in [-0.3, -0.25) is 0 Å². The summed E-state index contributed by atoms with van der Waals surface area (Å²) in [5, 5.41) is 3.45. The molecule has 3 unspecified atom stereocenters. The predicted octanol–water partition coefficient (Wildman–Crippen LogP) is 1.50. The summed E-state index contributed by atoms with van der Waals surface area (Å²) in [6.45, 7) is 12.9. The molecule has 3 atom stereocenters. The molecule has 0 radical (unpaired) electrons. The average molecular weight is 241 g/mol. The lowest BCUT2D eigenvalue weighted by Crippen LogP contribution is -2.41. The minimum Gasteiger partial charge on any atom is -0.317 e. The van der Waals surface area contributed by atoms with Gasteiger partial charge in [0.05, 0.1) is 0 Å². The van der Waals surface area contributed by atoms with E-state index < -0.39 is 0 Å². The third-order valence-electron chi connectivity index (χ3n) is 4.27. The van der Waals surface area contributed by atoms with E-state index in [9.17, 15) is 0 Å². The van der Waals surface area contributed by atoms with Crippen molar-refractivity contribution in [3.63, 3.8) is 0 Å². The van der Waals surface area contributed by atoms with Crippen molar-refractivity contribution in [1.29, 1.82) is 0 Å². The van der Waals surface area contributed by atoms with Crippen LogP contribution in [0.2, 0.25) is 0 Å². The lowest BCUT2D eigenvalue weighted by molar-refractivity contribution is 0.171. The first-order chi connectivity index (χ1) is 8.04. The SMILES string of the molecule is CCNCC(C)C(C)N(C)CC1CCN(C)C1. The van der Waals surface area contributed by atoms with Gasteiger partial charge in [-0.15, -0.1) is 0 Å². The molecule has 1 aliphatic rings. The van der Waals surface area contributed by atoms with E-state index in [-0.39, 0.29) is 0 Å². The van der Waals surface area contributed by atoms with Crippen LogP contribution in [0.5, 0.6) is 0 Å². The minimum absolute atomic E-state index is 0.667. The Bertz CT molecular complexity index is 208. The standard InChI is InChI=1S/C14H31N3/c1-6-15-9-12(2)13(3)17(5)11-14-7-8-16(4)10-14/h12-15H,6-11H2,1-5H3. The van der Waals surface area contributed by atoms with Crippen molar-refractivity contribution in [2.24, 2.45) is 11.8 Å². The van der Waals surface area contributed by atoms with Crippen LogP contribution >= 0.6 is 0 Å². The molecule has 1 aliphatic heterocycles. The highest BCUT2D eigenvalue weighted by molar-refractivity contribution is 4.79. The molecule has 102 valence electrons. The first-order valence-corrected chi connectivity index (χ1v) is 7.14. The van der Waals surface area contributed by atoms with Crippen LogP contribution in [0.4, 0.5) is 0 Å². The molecule has 0 aromatic rings. The van der Waals surface area contributed by atoms with Gasteiger partial charge < -0.3 is 15.1 Å². The molecule has 1 saturated heterocycles. The van der Waals surface area contributed by atoms with Gasteiger partial charge in [0.1, 0.15) is 0 Å². The van der Waals surface area contributed by atoms with E-state index in [4.69, 9.17) is 0 Å². The van der Waals surface area contributed by atoms with Gasteiger partial charge in [0.2, 0.25) is 0 Å². The third-order valence-corrected chi connectivity index (χ3v) is 4.27. The number of nitrogens with one attached hydrogen (secondary N) is 1. The van der Waals surface area contributed by atoms with Crippen LogP contribution in [0.15, 0.2) is 0 Å². The van der Waals surface area contributed by atoms with Gasteiger partial charge in [-0.1, -0.05) is 13.8 Å². The summed E-state index contributed by atoms with van der Waals surface area (Å²) >= 11 is 0. The summed E-state index contributed by atoms with van der Waals surface area (Å²) < 4.78 is 0. The second-order valence-corrected chi connectivity index (χ2v) is 5.88. The Hall–Kier alpha value is -0.120. The van der Waals surface area contributed by atoms with Crippen LogP contribution in [-0.2, 0) is 0 Å². The molecule has 0 aliphatic carbocycles. The van der Waals surface area contributed by atoms with E-state index in [0.717, 1.165) is 24.9 Å². The molecule has 0 aromatic carbocycles. The average Bonchev–Trinajstić information content (AvgIpc) is 2.70. The zero-order valence-electron chi connectivity index (χ0n) is 12.4. The first kappa shape index (κ1) is 14.9. The molecule has 0 spiro atoms. The van der Waals surface area contributed by atoms with Crippen molar-refractivity contribution in [3.05, 3.63) is 0 Å². The van der Waals surface area contributed by atoms with Crippen molar-refractivity contribution in [2.45, 2.75) is 33.2 Å². The summed E-state index contributed by atoms with van der Waals surface area (Å²) in [6.07, 6.45) is 1.37. The van der Waals surface area contributed by atoms with Crippen molar-refractivity contribution in [3.8, 4) is 0 Å². The number of hydrogen-bond acceptors (Lipinski definition) is 3. The van der Waals surface area contributed by atoms with Gasteiger partial charge in [-0.2, -0.15) is 0 Å². The fourth-order valence-corrected chi connectivity index (χ4v) is 2.73. The van der Waals surface area contributed by atoms with Crippen LogP contribution in [0.3, 0.4) is 0 Å². The summed E-state index contributed by atoms with van der Waals surface area (Å²) in [5.74, 6) is 1.60. The van der Waals surface area contributed by atoms with Gasteiger partial charge in [-0.25, -0.2) is 0 Å². The van der Waals surface area contributed by atoms with Crippen molar-refractivity contribution >= 4 is 0 Å². The summed E-state index contributed by atoms with van der Waals surface area (Å²) in [5.41, 5.74) is 0. The highest BCUT2D eigenvalue weighted by atomic mass is 15.2. The summed E-state index contributed by atoms with van der Waals surface area (Å²) in [7, 11) is 4.52. The van der Waals surface area contributed by atoms with Gasteiger partial charge in [0.25, 0.3) is 0 Å². The van der Waals surface area contributed by atoms with Crippen molar-refractivity contribution in [1.82, 2.24) is 15.1 Å². The van der Waals surface area contributed by atoms with Gasteiger partial charge in [0.15, 0.2) is 0 Å². The molecule has 0 amide bonds. The number of likely N-dealkylation sites (tertiary alicyclic amines) is 1. The molecular formula is C14H31N3. The highest BCUT2D eigenvalue weighted by Crippen LogP contribution is 2.18. The van der Waals surface area contributed by atoms with Crippen LogP contribution < -0.4 is 5.32 Å². The lowest BCUT2D eigenvalue weighted by Gasteiger charge is -2.31. The molecular weight excluding hydrogens is 210 g/mol. The fraction of sp³-hybridized carbons (Fsp3) is 1.00. The Morgan fingerprint density at radius 2 is 2.12 bits per heavy atom. The van der Waals surface area contributed by atoms with Crippen LogP contribution in [0.1, 0.15) is 27.2 Å². The molecule has 0 saturated carbocycles. The quantitative estimate of drug-likeness (QED) is 0.729. The van der Waals surface area contributed by atoms with E-state index in [1.165, 1.54) is 26.1 Å². The number of hydrogen-bond donors (Lipinski definition) is 1. The molecule has 3 heteroatoms. The second-order valence-electron chi connectivity index (χ2n) is 5.88. The lowest BCUT2D eigenvalue weighted by atomic mass is 10.0. The largest absolute Gasteiger partial charge is 0.317 e. The molecule has 1 fully saturated rings. The molecule has 1 heterocycles. The predicted molar refractivity (Wildman–Crippen MR) is 75.4 cm³/mol. The van der Waals surface area contributed by atoms with Crippen LogP contribution in [0.25, 0.3) is 0 Å². The van der Waals surface area contributed by atoms with Crippen LogP contribution in [-0.4, -0.2) is 62.7 Å². The zero-order chi connectivity index (χ0) is 12.8. The molecule has 1 rings (SSSR count). The van der Waals surface area contributed by atoms with E-state index in [0.29, 0.717) is 6.04 Å². The van der Waals surface area contributed by atoms with Gasteiger partial charge in [0, 0.05) is 19.1 Å². The summed E-state index contributed by atoms with van der Waals surface area (Å²) in [6, 6.07) is 0.667. The Morgan fingerprint density at radius 3 is 2.65 bits per heavy atom. The van der Waals surface area contributed by atoms with E-state index in [1.807, 2.05) is 0 Å². The fourth-order valence-electron chi connectivity index (χ4n) is 2.73. The highest BCUT2D eigenvalue weighted by Gasteiger charge is 2.24. The third kappa shape index (κ3) is 4.94. The number of rotatable bonds is 7. The molecule has 0 bridgehead atoms. The Kier molecular flexibility index (Phi) is 6.45. The summed E-state index contributed by atoms with van der Waals surface area (Å²) in [4.78, 5) is 5.00. The normalized spacial score (nSPS) is 25.4. The van der Waals surface area contributed by atoms with Crippen molar-refractivity contribution < 1.29 is 0 Å². The zero-order valence-corrected chi connectivity index (χ0v) is 12.4. The Labute approximate surface area is 108 Å². The number of nitrogens with zero attached hydrogens (tertiary/aromatic N) is 2. The first-order valence-electron chi connectivity index (χ1n) is 7.14. The maximum Gasteiger partial charge on any atom is 0.0102 e. The molecule has 3 nitrogen and oxygen atoms in total. The van der Waals surface area contributed by atoms with E-state index >= 15 is 0 Å². The van der Waals surface area contributed by atoms with Crippen molar-refractivity contribution in [2.75, 3.05) is 46.8 Å². The molecule has 17 heavy (non-hydrogen) atoms. The minimum atomic E-state index is 0.667. The van der Waals surface area contributed by atoms with Crippen LogP contribution in [0, 0.1) is 11.8 Å². The monoisotopic (exact) mass is 241 g/mol. The van der Waals surface area contributed by atoms with E-state index in [1.54, 1.807) is 0 Å². The maximum absolute atomic E-state index is 3.45. The van der Waals surface area contributed by atoms with Gasteiger partial charge in [-0.05, 0) is 58.9 Å². The topological polar surface area (TPSA) is 18.5 Å². The maximum atomic E-state index is 3.45. The smallest absolute Gasteiger partial charge is 0.0102 e. The Morgan fingerprint density at radius 1 is 1.41 bits per heavy atom. The Balaban J connectivity index is 2.28. The second kappa shape index (κ2) is 7.34.